The molecule has 1 heterocycles. The molecular formula is C19H24N2O2. The molecule has 1 unspecified atom stereocenters. The van der Waals surface area contributed by atoms with Gasteiger partial charge in [0, 0.05) is 32.2 Å². The Morgan fingerprint density at radius 1 is 1.09 bits per heavy atom. The van der Waals surface area contributed by atoms with Crippen molar-refractivity contribution in [1.82, 2.24) is 9.80 Å². The zero-order valence-electron chi connectivity index (χ0n) is 13.8. The topological polar surface area (TPSA) is 43.8 Å². The number of rotatable bonds is 3. The normalized spacial score (nSPS) is 17.4. The molecule has 1 atom stereocenters. The van der Waals surface area contributed by atoms with Gasteiger partial charge in [-0.25, -0.2) is 0 Å². The van der Waals surface area contributed by atoms with Crippen molar-refractivity contribution in [1.29, 1.82) is 0 Å². The smallest absolute Gasteiger partial charge is 0.248 e. The molecule has 1 amide bonds. The second-order valence-electron chi connectivity index (χ2n) is 6.36. The number of nitrogens with zero attached hydrogens (tertiary/aromatic N) is 2. The Morgan fingerprint density at radius 2 is 1.74 bits per heavy atom. The fraction of sp³-hybridized carbons (Fsp3) is 0.421. The van der Waals surface area contributed by atoms with Crippen LogP contribution in [-0.4, -0.2) is 53.6 Å². The Hall–Kier alpha value is -1.91. The number of carbonyl (C=O) groups is 1. The standard InChI is InChI=1S/C19H24N2O2/c1-14-3-4-18-12-16(5-6-17(18)11-14)15(2)20-7-9-21(10-8-20)19(23)13-22/h3-6,11-12,15,22H,7-10,13H2,1-2H3. The number of fused-ring (bicyclic) bond motifs is 1. The minimum absolute atomic E-state index is 0.168. The largest absolute Gasteiger partial charge is 0.387 e. The van der Waals surface area contributed by atoms with Gasteiger partial charge in [-0.15, -0.1) is 0 Å². The van der Waals surface area contributed by atoms with Gasteiger partial charge in [0.05, 0.1) is 0 Å². The van der Waals surface area contributed by atoms with Crippen LogP contribution in [0.5, 0.6) is 0 Å². The maximum Gasteiger partial charge on any atom is 0.248 e. The third-order valence-corrected chi connectivity index (χ3v) is 4.85. The van der Waals surface area contributed by atoms with Crippen LogP contribution in [0.25, 0.3) is 10.8 Å². The quantitative estimate of drug-likeness (QED) is 0.946. The summed E-state index contributed by atoms with van der Waals surface area (Å²) >= 11 is 0. The van der Waals surface area contributed by atoms with E-state index in [0.29, 0.717) is 19.1 Å². The molecule has 4 heteroatoms. The second-order valence-corrected chi connectivity index (χ2v) is 6.36. The summed E-state index contributed by atoms with van der Waals surface area (Å²) in [6, 6.07) is 13.5. The SMILES string of the molecule is Cc1ccc2cc(C(C)N3CCN(C(=O)CO)CC3)ccc2c1. The lowest BCUT2D eigenvalue weighted by atomic mass is 10.00. The minimum atomic E-state index is -0.389. The van der Waals surface area contributed by atoms with Gasteiger partial charge in [0.2, 0.25) is 5.91 Å². The summed E-state index contributed by atoms with van der Waals surface area (Å²) < 4.78 is 0. The van der Waals surface area contributed by atoms with Gasteiger partial charge in [-0.1, -0.05) is 35.9 Å². The van der Waals surface area contributed by atoms with Crippen LogP contribution < -0.4 is 0 Å². The molecule has 2 aromatic rings. The fourth-order valence-corrected chi connectivity index (χ4v) is 3.31. The van der Waals surface area contributed by atoms with Crippen LogP contribution in [0.2, 0.25) is 0 Å². The summed E-state index contributed by atoms with van der Waals surface area (Å²) in [4.78, 5) is 15.7. The average Bonchev–Trinajstić information content (AvgIpc) is 2.60. The van der Waals surface area contributed by atoms with Gasteiger partial charge in [-0.3, -0.25) is 9.69 Å². The van der Waals surface area contributed by atoms with Gasteiger partial charge in [-0.05, 0) is 36.2 Å². The molecule has 1 aliphatic rings. The molecule has 1 N–H and O–H groups in total. The van der Waals surface area contributed by atoms with Crippen molar-refractivity contribution < 1.29 is 9.90 Å². The van der Waals surface area contributed by atoms with E-state index in [4.69, 9.17) is 5.11 Å². The number of amides is 1. The number of benzene rings is 2. The Kier molecular flexibility index (Phi) is 4.64. The molecule has 4 nitrogen and oxygen atoms in total. The van der Waals surface area contributed by atoms with Gasteiger partial charge in [0.15, 0.2) is 0 Å². The Balaban J connectivity index is 1.72. The molecule has 1 saturated heterocycles. The van der Waals surface area contributed by atoms with E-state index >= 15 is 0 Å². The van der Waals surface area contributed by atoms with Crippen LogP contribution in [-0.2, 0) is 4.79 Å². The Bertz CT molecular complexity index is 706. The van der Waals surface area contributed by atoms with Crippen LogP contribution in [0.4, 0.5) is 0 Å². The summed E-state index contributed by atoms with van der Waals surface area (Å²) in [7, 11) is 0. The number of hydrogen-bond acceptors (Lipinski definition) is 3. The third-order valence-electron chi connectivity index (χ3n) is 4.85. The first-order valence-electron chi connectivity index (χ1n) is 8.21. The van der Waals surface area contributed by atoms with Crippen LogP contribution in [0, 0.1) is 6.92 Å². The highest BCUT2D eigenvalue weighted by Crippen LogP contribution is 2.26. The number of piperazine rings is 1. The predicted octanol–water partition coefficient (Wildman–Crippen LogP) is 2.35. The van der Waals surface area contributed by atoms with Crippen molar-refractivity contribution in [3.8, 4) is 0 Å². The molecule has 2 aromatic carbocycles. The van der Waals surface area contributed by atoms with Crippen LogP contribution >= 0.6 is 0 Å². The van der Waals surface area contributed by atoms with Gasteiger partial charge in [0.1, 0.15) is 6.61 Å². The maximum atomic E-state index is 11.5. The highest BCUT2D eigenvalue weighted by atomic mass is 16.3. The number of carbonyl (C=O) groups excluding carboxylic acids is 1. The molecule has 3 rings (SSSR count). The number of hydrogen-bond donors (Lipinski definition) is 1. The summed E-state index contributed by atoms with van der Waals surface area (Å²) in [6.45, 7) is 7.02. The molecule has 122 valence electrons. The van der Waals surface area contributed by atoms with Crippen molar-refractivity contribution in [2.24, 2.45) is 0 Å². The lowest BCUT2D eigenvalue weighted by molar-refractivity contribution is -0.136. The molecule has 0 saturated carbocycles. The molecule has 1 aliphatic heterocycles. The Morgan fingerprint density at radius 3 is 2.43 bits per heavy atom. The molecule has 0 radical (unpaired) electrons. The van der Waals surface area contributed by atoms with Crippen molar-refractivity contribution in [3.05, 3.63) is 47.5 Å². The first-order valence-corrected chi connectivity index (χ1v) is 8.21. The summed E-state index contributed by atoms with van der Waals surface area (Å²) in [5.41, 5.74) is 2.59. The molecular weight excluding hydrogens is 288 g/mol. The lowest BCUT2D eigenvalue weighted by Crippen LogP contribution is -2.50. The van der Waals surface area contributed by atoms with E-state index in [9.17, 15) is 4.79 Å². The van der Waals surface area contributed by atoms with Crippen molar-refractivity contribution in [3.63, 3.8) is 0 Å². The van der Waals surface area contributed by atoms with Crippen molar-refractivity contribution in [2.45, 2.75) is 19.9 Å². The van der Waals surface area contributed by atoms with Gasteiger partial charge < -0.3 is 10.0 Å². The second kappa shape index (κ2) is 6.69. The van der Waals surface area contributed by atoms with Crippen LogP contribution in [0.1, 0.15) is 24.1 Å². The highest BCUT2D eigenvalue weighted by Gasteiger charge is 2.24. The minimum Gasteiger partial charge on any atom is -0.387 e. The molecule has 0 aliphatic carbocycles. The van der Waals surface area contributed by atoms with E-state index in [1.807, 2.05) is 0 Å². The first-order chi connectivity index (χ1) is 11.1. The number of aliphatic hydroxyl groups is 1. The number of aryl methyl sites for hydroxylation is 1. The van der Waals surface area contributed by atoms with Crippen molar-refractivity contribution >= 4 is 16.7 Å². The van der Waals surface area contributed by atoms with Gasteiger partial charge in [0.25, 0.3) is 0 Å². The molecule has 0 bridgehead atoms. The summed E-state index contributed by atoms with van der Waals surface area (Å²) in [5, 5.41) is 11.5. The average molecular weight is 312 g/mol. The molecule has 0 aromatic heterocycles. The van der Waals surface area contributed by atoms with Crippen LogP contribution in [0.3, 0.4) is 0 Å². The van der Waals surface area contributed by atoms with E-state index in [2.05, 4.69) is 55.1 Å². The van der Waals surface area contributed by atoms with Crippen LogP contribution in [0.15, 0.2) is 36.4 Å². The Labute approximate surface area is 137 Å². The van der Waals surface area contributed by atoms with E-state index in [1.54, 1.807) is 4.90 Å². The molecule has 0 spiro atoms. The first kappa shape index (κ1) is 16.0. The fourth-order valence-electron chi connectivity index (χ4n) is 3.31. The third kappa shape index (κ3) is 3.38. The molecule has 23 heavy (non-hydrogen) atoms. The maximum absolute atomic E-state index is 11.5. The number of aliphatic hydroxyl groups excluding tert-OH is 1. The molecule has 1 fully saturated rings. The van der Waals surface area contributed by atoms with E-state index in [-0.39, 0.29) is 12.5 Å². The van der Waals surface area contributed by atoms with Crippen molar-refractivity contribution in [2.75, 3.05) is 32.8 Å². The van der Waals surface area contributed by atoms with Gasteiger partial charge >= 0.3 is 0 Å². The zero-order valence-corrected chi connectivity index (χ0v) is 13.8. The summed E-state index contributed by atoms with van der Waals surface area (Å²) in [5.74, 6) is -0.168. The predicted molar refractivity (Wildman–Crippen MR) is 92.3 cm³/mol. The van der Waals surface area contributed by atoms with E-state index in [1.165, 1.54) is 21.9 Å². The van der Waals surface area contributed by atoms with E-state index < -0.39 is 0 Å². The monoisotopic (exact) mass is 312 g/mol. The summed E-state index contributed by atoms with van der Waals surface area (Å²) in [6.07, 6.45) is 0. The van der Waals surface area contributed by atoms with Gasteiger partial charge in [-0.2, -0.15) is 0 Å². The lowest BCUT2D eigenvalue weighted by Gasteiger charge is -2.38. The van der Waals surface area contributed by atoms with E-state index in [0.717, 1.165) is 13.1 Å². The highest BCUT2D eigenvalue weighted by molar-refractivity contribution is 5.83. The zero-order chi connectivity index (χ0) is 16.4.